The highest BCUT2D eigenvalue weighted by Gasteiger charge is 2.34. The van der Waals surface area contributed by atoms with Gasteiger partial charge < -0.3 is 14.5 Å². The molecule has 9 heteroatoms. The number of halogens is 4. The number of ether oxygens (including phenoxy) is 1. The van der Waals surface area contributed by atoms with Gasteiger partial charge >= 0.3 is 11.8 Å². The zero-order valence-electron chi connectivity index (χ0n) is 14.3. The van der Waals surface area contributed by atoms with Crippen molar-refractivity contribution in [2.24, 2.45) is 0 Å². The Kier molecular flexibility index (Phi) is 5.46. The third-order valence-electron chi connectivity index (χ3n) is 3.82. The van der Waals surface area contributed by atoms with Crippen LogP contribution in [0.15, 0.2) is 62.2 Å². The van der Waals surface area contributed by atoms with Crippen molar-refractivity contribution in [3.05, 3.63) is 69.0 Å². The molecule has 0 saturated heterocycles. The van der Waals surface area contributed by atoms with Crippen molar-refractivity contribution in [3.8, 4) is 5.75 Å². The highest BCUT2D eigenvalue weighted by molar-refractivity contribution is 9.10. The van der Waals surface area contributed by atoms with Gasteiger partial charge in [-0.05, 0) is 43.3 Å². The molecule has 146 valence electrons. The average molecular weight is 456 g/mol. The van der Waals surface area contributed by atoms with E-state index < -0.39 is 29.4 Å². The minimum absolute atomic E-state index is 0.0911. The summed E-state index contributed by atoms with van der Waals surface area (Å²) in [6.07, 6.45) is -5.65. The topological polar surface area (TPSA) is 68.5 Å². The number of carbonyl (C=O) groups excluding carboxylic acids is 1. The predicted molar refractivity (Wildman–Crippen MR) is 100 cm³/mol. The van der Waals surface area contributed by atoms with Crippen molar-refractivity contribution in [2.75, 3.05) is 5.32 Å². The average Bonchev–Trinajstić information content (AvgIpc) is 2.61. The highest BCUT2D eigenvalue weighted by Crippen LogP contribution is 2.35. The molecule has 28 heavy (non-hydrogen) atoms. The normalized spacial score (nSPS) is 12.6. The Bertz CT molecular complexity index is 1080. The van der Waals surface area contributed by atoms with E-state index in [0.717, 1.165) is 16.6 Å². The Morgan fingerprint density at radius 1 is 1.14 bits per heavy atom. The molecule has 0 radical (unpaired) electrons. The SMILES string of the molecule is CC(Oc1ccc2c(C(F)(F)F)cc(=O)oc2c1)C(=O)Nc1ccc(Br)cc1. The summed E-state index contributed by atoms with van der Waals surface area (Å²) < 4.78 is 50.4. The summed E-state index contributed by atoms with van der Waals surface area (Å²) in [7, 11) is 0. The van der Waals surface area contributed by atoms with Gasteiger partial charge in [-0.2, -0.15) is 13.2 Å². The van der Waals surface area contributed by atoms with Gasteiger partial charge in [-0.15, -0.1) is 0 Å². The fraction of sp³-hybridized carbons (Fsp3) is 0.158. The van der Waals surface area contributed by atoms with E-state index in [1.54, 1.807) is 24.3 Å². The molecule has 0 bridgehead atoms. The molecule has 0 aliphatic carbocycles. The van der Waals surface area contributed by atoms with E-state index in [2.05, 4.69) is 21.2 Å². The molecule has 1 heterocycles. The van der Waals surface area contributed by atoms with Crippen LogP contribution in [0.2, 0.25) is 0 Å². The summed E-state index contributed by atoms with van der Waals surface area (Å²) in [5.74, 6) is -0.360. The van der Waals surface area contributed by atoms with Crippen molar-refractivity contribution in [2.45, 2.75) is 19.2 Å². The van der Waals surface area contributed by atoms with Crippen molar-refractivity contribution in [1.82, 2.24) is 0 Å². The lowest BCUT2D eigenvalue weighted by molar-refractivity contribution is -0.136. The molecule has 0 fully saturated rings. The van der Waals surface area contributed by atoms with E-state index in [4.69, 9.17) is 9.15 Å². The fourth-order valence-corrected chi connectivity index (χ4v) is 2.75. The Balaban J connectivity index is 1.81. The summed E-state index contributed by atoms with van der Waals surface area (Å²) in [4.78, 5) is 23.7. The monoisotopic (exact) mass is 455 g/mol. The standard InChI is InChI=1S/C19H13BrF3NO4/c1-10(18(26)24-12-4-2-11(20)3-5-12)27-13-6-7-14-15(19(21,22)23)9-17(25)28-16(14)8-13/h2-10H,1H3,(H,24,26). The van der Waals surface area contributed by atoms with Crippen LogP contribution < -0.4 is 15.7 Å². The Morgan fingerprint density at radius 3 is 2.46 bits per heavy atom. The van der Waals surface area contributed by atoms with Crippen molar-refractivity contribution < 1.29 is 27.1 Å². The van der Waals surface area contributed by atoms with Crippen molar-refractivity contribution in [3.63, 3.8) is 0 Å². The Morgan fingerprint density at radius 2 is 1.82 bits per heavy atom. The molecule has 1 unspecified atom stereocenters. The lowest BCUT2D eigenvalue weighted by atomic mass is 10.1. The van der Waals surface area contributed by atoms with Gasteiger partial charge in [-0.25, -0.2) is 4.79 Å². The second-order valence-corrected chi connectivity index (χ2v) is 6.81. The molecule has 1 atom stereocenters. The van der Waals surface area contributed by atoms with Gasteiger partial charge in [0.2, 0.25) is 0 Å². The summed E-state index contributed by atoms with van der Waals surface area (Å²) >= 11 is 3.29. The predicted octanol–water partition coefficient (Wildman–Crippen LogP) is 4.98. The molecule has 2 aromatic carbocycles. The molecule has 3 rings (SSSR count). The number of alkyl halides is 3. The molecule has 0 spiro atoms. The van der Waals surface area contributed by atoms with E-state index in [9.17, 15) is 22.8 Å². The van der Waals surface area contributed by atoms with Crippen LogP contribution in [0.3, 0.4) is 0 Å². The van der Waals surface area contributed by atoms with E-state index in [-0.39, 0.29) is 16.7 Å². The molecule has 3 aromatic rings. The van der Waals surface area contributed by atoms with Crippen LogP contribution >= 0.6 is 15.9 Å². The molecule has 0 saturated carbocycles. The van der Waals surface area contributed by atoms with Crippen LogP contribution in [-0.2, 0) is 11.0 Å². The second-order valence-electron chi connectivity index (χ2n) is 5.89. The molecule has 0 aliphatic heterocycles. The maximum Gasteiger partial charge on any atom is 0.417 e. The van der Waals surface area contributed by atoms with E-state index >= 15 is 0 Å². The number of hydrogen-bond acceptors (Lipinski definition) is 4. The first-order chi connectivity index (χ1) is 13.1. The molecule has 5 nitrogen and oxygen atoms in total. The fourth-order valence-electron chi connectivity index (χ4n) is 2.49. The maximum absolute atomic E-state index is 13.1. The molecule has 1 N–H and O–H groups in total. The van der Waals surface area contributed by atoms with Gasteiger partial charge in [0.25, 0.3) is 5.91 Å². The van der Waals surface area contributed by atoms with Crippen molar-refractivity contribution >= 4 is 38.5 Å². The first-order valence-corrected chi connectivity index (χ1v) is 8.81. The van der Waals surface area contributed by atoms with Gasteiger partial charge in [0.05, 0.1) is 5.56 Å². The largest absolute Gasteiger partial charge is 0.481 e. The number of nitrogens with one attached hydrogen (secondary N) is 1. The summed E-state index contributed by atoms with van der Waals surface area (Å²) in [6.45, 7) is 1.49. The van der Waals surface area contributed by atoms with Gasteiger partial charge in [-0.1, -0.05) is 15.9 Å². The summed E-state index contributed by atoms with van der Waals surface area (Å²) in [6, 6.07) is 10.9. The Labute approximate surface area is 165 Å². The van der Waals surface area contributed by atoms with Crippen LogP contribution in [-0.4, -0.2) is 12.0 Å². The lowest BCUT2D eigenvalue weighted by Gasteiger charge is -2.15. The van der Waals surface area contributed by atoms with E-state index in [0.29, 0.717) is 11.8 Å². The van der Waals surface area contributed by atoms with Gasteiger partial charge in [0.15, 0.2) is 6.10 Å². The number of anilines is 1. The number of fused-ring (bicyclic) bond motifs is 1. The second kappa shape index (κ2) is 7.67. The highest BCUT2D eigenvalue weighted by atomic mass is 79.9. The maximum atomic E-state index is 13.1. The first kappa shape index (κ1) is 19.9. The van der Waals surface area contributed by atoms with Crippen LogP contribution in [0.5, 0.6) is 5.75 Å². The quantitative estimate of drug-likeness (QED) is 0.563. The first-order valence-electron chi connectivity index (χ1n) is 8.02. The molecule has 1 aromatic heterocycles. The molecule has 0 aliphatic rings. The third kappa shape index (κ3) is 4.53. The van der Waals surface area contributed by atoms with Crippen LogP contribution in [0.25, 0.3) is 11.0 Å². The zero-order chi connectivity index (χ0) is 20.5. The van der Waals surface area contributed by atoms with Crippen molar-refractivity contribution in [1.29, 1.82) is 0 Å². The Hall–Kier alpha value is -2.81. The summed E-state index contributed by atoms with van der Waals surface area (Å²) in [5.41, 5.74) is -1.94. The number of rotatable bonds is 4. The summed E-state index contributed by atoms with van der Waals surface area (Å²) in [5, 5.41) is 2.39. The smallest absolute Gasteiger partial charge is 0.417 e. The number of amides is 1. The van der Waals surface area contributed by atoms with Gasteiger partial charge in [0, 0.05) is 27.7 Å². The minimum atomic E-state index is -4.70. The number of hydrogen-bond donors (Lipinski definition) is 1. The third-order valence-corrected chi connectivity index (χ3v) is 4.34. The van der Waals surface area contributed by atoms with Crippen LogP contribution in [0.1, 0.15) is 12.5 Å². The zero-order valence-corrected chi connectivity index (χ0v) is 15.9. The molecular weight excluding hydrogens is 443 g/mol. The van der Waals surface area contributed by atoms with E-state index in [1.807, 2.05) is 0 Å². The molecule has 1 amide bonds. The van der Waals surface area contributed by atoms with Gasteiger partial charge in [-0.3, -0.25) is 4.79 Å². The molecular formula is C19H13BrF3NO4. The minimum Gasteiger partial charge on any atom is -0.481 e. The van der Waals surface area contributed by atoms with Crippen LogP contribution in [0.4, 0.5) is 18.9 Å². The number of benzene rings is 2. The van der Waals surface area contributed by atoms with Crippen LogP contribution in [0, 0.1) is 0 Å². The van der Waals surface area contributed by atoms with Gasteiger partial charge in [0.1, 0.15) is 11.3 Å². The lowest BCUT2D eigenvalue weighted by Crippen LogP contribution is -2.30. The number of carbonyl (C=O) groups is 1. The van der Waals surface area contributed by atoms with E-state index in [1.165, 1.54) is 13.0 Å².